The van der Waals surface area contributed by atoms with E-state index in [0.717, 1.165) is 5.52 Å². The van der Waals surface area contributed by atoms with Crippen molar-refractivity contribution < 1.29 is 4.79 Å². The highest BCUT2D eigenvalue weighted by Crippen LogP contribution is 2.22. The zero-order valence-electron chi connectivity index (χ0n) is 9.98. The monoisotopic (exact) mass is 217 g/mol. The predicted octanol–water partition coefficient (Wildman–Crippen LogP) is 2.20. The van der Waals surface area contributed by atoms with E-state index in [1.807, 2.05) is 40.0 Å². The molecule has 2 aromatic heterocycles. The highest BCUT2D eigenvalue weighted by atomic mass is 16.1. The number of ketones is 1. The highest BCUT2D eigenvalue weighted by molar-refractivity contribution is 5.99. The molecule has 2 aromatic rings. The molecule has 0 N–H and O–H groups in total. The second kappa shape index (κ2) is 3.40. The van der Waals surface area contributed by atoms with Crippen LogP contribution >= 0.6 is 0 Å². The number of carbonyl (C=O) groups excluding carboxylic acids is 1. The number of nitrogens with zero attached hydrogens (tertiary/aromatic N) is 3. The summed E-state index contributed by atoms with van der Waals surface area (Å²) in [5.74, 6) is 0.509. The van der Waals surface area contributed by atoms with Gasteiger partial charge in [0.1, 0.15) is 0 Å². The fourth-order valence-electron chi connectivity index (χ4n) is 1.56. The van der Waals surface area contributed by atoms with E-state index in [1.165, 1.54) is 0 Å². The maximum Gasteiger partial charge on any atom is 0.203 e. The molecule has 4 nitrogen and oxygen atoms in total. The molecule has 2 rings (SSSR count). The summed E-state index contributed by atoms with van der Waals surface area (Å²) in [5.41, 5.74) is 1.09. The maximum absolute atomic E-state index is 12.1. The van der Waals surface area contributed by atoms with Crippen molar-refractivity contribution >= 4 is 16.9 Å². The average molecular weight is 217 g/mol. The Morgan fingerprint density at radius 2 is 2.06 bits per heavy atom. The molecule has 16 heavy (non-hydrogen) atoms. The van der Waals surface area contributed by atoms with Gasteiger partial charge in [-0.05, 0) is 12.1 Å². The van der Waals surface area contributed by atoms with Gasteiger partial charge in [0.25, 0.3) is 0 Å². The Kier molecular flexibility index (Phi) is 2.30. The number of aryl methyl sites for hydroxylation is 1. The van der Waals surface area contributed by atoms with E-state index in [1.54, 1.807) is 10.8 Å². The lowest BCUT2D eigenvalue weighted by Gasteiger charge is -2.15. The zero-order valence-corrected chi connectivity index (χ0v) is 9.98. The number of hydrogen-bond donors (Lipinski definition) is 0. The molecular formula is C12H15N3O. The van der Waals surface area contributed by atoms with Crippen molar-refractivity contribution in [1.29, 1.82) is 0 Å². The van der Waals surface area contributed by atoms with Gasteiger partial charge in [-0.15, -0.1) is 0 Å². The number of pyridine rings is 1. The topological polar surface area (TPSA) is 47.8 Å². The SMILES string of the molecule is Cn1c(C(=O)C(C)(C)C)nc2ncccc21. The number of aromatic nitrogens is 3. The lowest BCUT2D eigenvalue weighted by molar-refractivity contribution is 0.0844. The first kappa shape index (κ1) is 10.8. The summed E-state index contributed by atoms with van der Waals surface area (Å²) in [6.07, 6.45) is 1.68. The van der Waals surface area contributed by atoms with Gasteiger partial charge < -0.3 is 4.57 Å². The predicted molar refractivity (Wildman–Crippen MR) is 62.3 cm³/mol. The number of Topliss-reactive ketones (excluding diaryl/α,β-unsaturated/α-hetero) is 1. The number of fused-ring (bicyclic) bond motifs is 1. The van der Waals surface area contributed by atoms with E-state index in [4.69, 9.17) is 0 Å². The molecule has 0 amide bonds. The van der Waals surface area contributed by atoms with Crippen LogP contribution in [0, 0.1) is 5.41 Å². The van der Waals surface area contributed by atoms with E-state index in [2.05, 4.69) is 9.97 Å². The summed E-state index contributed by atoms with van der Waals surface area (Å²) in [6, 6.07) is 3.75. The molecule has 2 heterocycles. The molecule has 0 unspecified atom stereocenters. The molecule has 0 fully saturated rings. The van der Waals surface area contributed by atoms with E-state index in [-0.39, 0.29) is 5.78 Å². The van der Waals surface area contributed by atoms with Crippen molar-refractivity contribution in [1.82, 2.24) is 14.5 Å². The van der Waals surface area contributed by atoms with Crippen LogP contribution in [0.4, 0.5) is 0 Å². The van der Waals surface area contributed by atoms with Crippen LogP contribution in [0.25, 0.3) is 11.2 Å². The Bertz CT molecular complexity index is 549. The third-order valence-corrected chi connectivity index (χ3v) is 2.54. The minimum absolute atomic E-state index is 0.0352. The van der Waals surface area contributed by atoms with Gasteiger partial charge in [-0.1, -0.05) is 20.8 Å². The van der Waals surface area contributed by atoms with Gasteiger partial charge in [0.05, 0.1) is 5.52 Å². The van der Waals surface area contributed by atoms with Crippen LogP contribution in [0.2, 0.25) is 0 Å². The van der Waals surface area contributed by atoms with Gasteiger partial charge in [0, 0.05) is 18.7 Å². The summed E-state index contributed by atoms with van der Waals surface area (Å²) in [6.45, 7) is 5.67. The third kappa shape index (κ3) is 1.60. The molecule has 0 atom stereocenters. The Morgan fingerprint density at radius 3 is 2.62 bits per heavy atom. The molecule has 0 radical (unpaired) electrons. The maximum atomic E-state index is 12.1. The van der Waals surface area contributed by atoms with Crippen molar-refractivity contribution in [2.24, 2.45) is 12.5 Å². The van der Waals surface area contributed by atoms with Gasteiger partial charge in [-0.25, -0.2) is 9.97 Å². The molecule has 0 aliphatic carbocycles. The Hall–Kier alpha value is -1.71. The van der Waals surface area contributed by atoms with Crippen LogP contribution in [-0.2, 0) is 7.05 Å². The van der Waals surface area contributed by atoms with Crippen LogP contribution in [0.3, 0.4) is 0 Å². The lowest BCUT2D eigenvalue weighted by atomic mass is 9.90. The molecule has 84 valence electrons. The quantitative estimate of drug-likeness (QED) is 0.688. The third-order valence-electron chi connectivity index (χ3n) is 2.54. The van der Waals surface area contributed by atoms with E-state index in [0.29, 0.717) is 11.5 Å². The number of rotatable bonds is 1. The fourth-order valence-corrected chi connectivity index (χ4v) is 1.56. The first-order valence-corrected chi connectivity index (χ1v) is 5.23. The lowest BCUT2D eigenvalue weighted by Crippen LogP contribution is -2.23. The second-order valence-electron chi connectivity index (χ2n) is 4.92. The molecule has 0 saturated carbocycles. The molecule has 0 bridgehead atoms. The van der Waals surface area contributed by atoms with E-state index >= 15 is 0 Å². The van der Waals surface area contributed by atoms with Crippen molar-refractivity contribution in [3.8, 4) is 0 Å². The van der Waals surface area contributed by atoms with Crippen LogP contribution in [-0.4, -0.2) is 20.3 Å². The Labute approximate surface area is 94.3 Å². The van der Waals surface area contributed by atoms with Gasteiger partial charge >= 0.3 is 0 Å². The standard InChI is InChI=1S/C12H15N3O/c1-12(2,3)9(16)11-14-10-8(15(11)4)6-5-7-13-10/h5-7H,1-4H3. The highest BCUT2D eigenvalue weighted by Gasteiger charge is 2.27. The van der Waals surface area contributed by atoms with Gasteiger partial charge in [-0.3, -0.25) is 4.79 Å². The van der Waals surface area contributed by atoms with E-state index < -0.39 is 5.41 Å². The number of carbonyl (C=O) groups is 1. The summed E-state index contributed by atoms with van der Waals surface area (Å²) < 4.78 is 1.80. The molecule has 0 aliphatic heterocycles. The largest absolute Gasteiger partial charge is 0.323 e. The minimum atomic E-state index is -0.421. The van der Waals surface area contributed by atoms with Crippen LogP contribution in [0.15, 0.2) is 18.3 Å². The van der Waals surface area contributed by atoms with Crippen LogP contribution in [0.1, 0.15) is 31.4 Å². The molecule has 0 aliphatic rings. The smallest absolute Gasteiger partial charge is 0.203 e. The molecule has 0 saturated heterocycles. The summed E-state index contributed by atoms with van der Waals surface area (Å²) in [5, 5.41) is 0. The van der Waals surface area contributed by atoms with Gasteiger partial charge in [-0.2, -0.15) is 0 Å². The van der Waals surface area contributed by atoms with Crippen LogP contribution < -0.4 is 0 Å². The normalized spacial score (nSPS) is 12.0. The zero-order chi connectivity index (χ0) is 11.9. The van der Waals surface area contributed by atoms with Gasteiger partial charge in [0.15, 0.2) is 11.5 Å². The Balaban J connectivity index is 2.63. The molecule has 4 heteroatoms. The fraction of sp³-hybridized carbons (Fsp3) is 0.417. The van der Waals surface area contributed by atoms with Crippen molar-refractivity contribution in [3.05, 3.63) is 24.2 Å². The molecule has 0 spiro atoms. The summed E-state index contributed by atoms with van der Waals surface area (Å²) in [4.78, 5) is 20.6. The number of hydrogen-bond acceptors (Lipinski definition) is 3. The van der Waals surface area contributed by atoms with E-state index in [9.17, 15) is 4.79 Å². The molecular weight excluding hydrogens is 202 g/mol. The first-order valence-electron chi connectivity index (χ1n) is 5.23. The second-order valence-corrected chi connectivity index (χ2v) is 4.92. The Morgan fingerprint density at radius 1 is 1.38 bits per heavy atom. The molecule has 0 aromatic carbocycles. The minimum Gasteiger partial charge on any atom is -0.323 e. The first-order chi connectivity index (χ1) is 7.41. The van der Waals surface area contributed by atoms with Crippen molar-refractivity contribution in [2.75, 3.05) is 0 Å². The average Bonchev–Trinajstić information content (AvgIpc) is 2.54. The van der Waals surface area contributed by atoms with Crippen molar-refractivity contribution in [2.45, 2.75) is 20.8 Å². The van der Waals surface area contributed by atoms with Gasteiger partial charge in [0.2, 0.25) is 5.78 Å². The van der Waals surface area contributed by atoms with Crippen LogP contribution in [0.5, 0.6) is 0 Å². The van der Waals surface area contributed by atoms with Crippen molar-refractivity contribution in [3.63, 3.8) is 0 Å². The number of imidazole rings is 1. The summed E-state index contributed by atoms with van der Waals surface area (Å²) >= 11 is 0. The summed E-state index contributed by atoms with van der Waals surface area (Å²) in [7, 11) is 1.84.